The van der Waals surface area contributed by atoms with Crippen LogP contribution in [0.2, 0.25) is 0 Å². The van der Waals surface area contributed by atoms with Crippen LogP contribution in [0.25, 0.3) is 0 Å². The van der Waals surface area contributed by atoms with Crippen molar-refractivity contribution < 1.29 is 31.1 Å². The zero-order valence-corrected chi connectivity index (χ0v) is 22.1. The monoisotopic (exact) mass is 545 g/mol. The van der Waals surface area contributed by atoms with Crippen molar-refractivity contribution in [2.24, 2.45) is 0 Å². The maximum atomic E-state index is 13.0. The van der Waals surface area contributed by atoms with E-state index in [2.05, 4.69) is 10.0 Å². The fraction of sp³-hybridized carbons (Fsp3) is 0.240. The second kappa shape index (κ2) is 10.3. The van der Waals surface area contributed by atoms with Gasteiger partial charge < -0.3 is 14.8 Å². The number of aryl methyl sites for hydroxylation is 1. The summed E-state index contributed by atoms with van der Waals surface area (Å²) in [7, 11) is -7.70. The Bertz CT molecular complexity index is 1520. The number of amides is 1. The third-order valence-corrected chi connectivity index (χ3v) is 8.31. The van der Waals surface area contributed by atoms with Crippen LogP contribution >= 0.6 is 0 Å². The number of hydrogen-bond acceptors (Lipinski definition) is 7. The van der Waals surface area contributed by atoms with Crippen molar-refractivity contribution in [2.75, 3.05) is 33.8 Å². The number of para-hydroxylation sites is 1. The molecule has 0 radical (unpaired) electrons. The Morgan fingerprint density at radius 2 is 1.57 bits per heavy atom. The highest BCUT2D eigenvalue weighted by Gasteiger charge is 2.30. The number of carbonyl (C=O) groups excluding carboxylic acids is 1. The van der Waals surface area contributed by atoms with Gasteiger partial charge in [-0.1, -0.05) is 18.2 Å². The van der Waals surface area contributed by atoms with Gasteiger partial charge in [-0.2, -0.15) is 0 Å². The quantitative estimate of drug-likeness (QED) is 0.444. The number of rotatable bonds is 8. The Labute approximate surface area is 216 Å². The van der Waals surface area contributed by atoms with E-state index in [1.807, 2.05) is 6.07 Å². The molecule has 4 rings (SSSR count). The molecule has 3 aromatic carbocycles. The summed E-state index contributed by atoms with van der Waals surface area (Å²) in [5, 5.41) is 2.65. The van der Waals surface area contributed by atoms with Gasteiger partial charge in [0.05, 0.1) is 22.5 Å². The first-order chi connectivity index (χ1) is 17.5. The van der Waals surface area contributed by atoms with Gasteiger partial charge in [-0.05, 0) is 61.9 Å². The van der Waals surface area contributed by atoms with Gasteiger partial charge in [0, 0.05) is 11.8 Å². The molecule has 196 valence electrons. The summed E-state index contributed by atoms with van der Waals surface area (Å²) in [6.45, 7) is 3.97. The number of fused-ring (bicyclic) bond motifs is 1. The van der Waals surface area contributed by atoms with Crippen LogP contribution in [0.3, 0.4) is 0 Å². The molecule has 1 amide bonds. The molecule has 12 heteroatoms. The average molecular weight is 546 g/mol. The van der Waals surface area contributed by atoms with Gasteiger partial charge >= 0.3 is 0 Å². The summed E-state index contributed by atoms with van der Waals surface area (Å²) in [5.41, 5.74) is 1.80. The van der Waals surface area contributed by atoms with Gasteiger partial charge in [0.15, 0.2) is 11.5 Å². The van der Waals surface area contributed by atoms with Crippen LogP contribution in [-0.2, 0) is 24.8 Å². The first-order valence-electron chi connectivity index (χ1n) is 11.3. The number of ether oxygens (including phenoxy) is 2. The van der Waals surface area contributed by atoms with E-state index in [0.717, 1.165) is 16.1 Å². The molecule has 0 saturated carbocycles. The zero-order valence-electron chi connectivity index (χ0n) is 20.5. The Hall–Kier alpha value is -3.77. The summed E-state index contributed by atoms with van der Waals surface area (Å²) >= 11 is 0. The minimum Gasteiger partial charge on any atom is -0.486 e. The summed E-state index contributed by atoms with van der Waals surface area (Å²) in [4.78, 5) is 13.0. The number of carbonyl (C=O) groups is 1. The normalized spacial score (nSPS) is 13.9. The van der Waals surface area contributed by atoms with Gasteiger partial charge in [0.1, 0.15) is 19.3 Å². The third-order valence-electron chi connectivity index (χ3n) is 5.69. The van der Waals surface area contributed by atoms with Gasteiger partial charge in [-0.15, -0.1) is 0 Å². The fourth-order valence-electron chi connectivity index (χ4n) is 3.83. The van der Waals surface area contributed by atoms with Crippen LogP contribution in [0, 0.1) is 6.92 Å². The lowest BCUT2D eigenvalue weighted by Gasteiger charge is -2.29. The van der Waals surface area contributed by atoms with E-state index < -0.39 is 32.0 Å². The molecule has 1 aliphatic rings. The number of anilines is 3. The highest BCUT2D eigenvalue weighted by Crippen LogP contribution is 2.35. The molecule has 0 bridgehead atoms. The van der Waals surface area contributed by atoms with Crippen LogP contribution < -0.4 is 23.8 Å². The Kier molecular flexibility index (Phi) is 7.32. The minimum atomic E-state index is -3.85. The average Bonchev–Trinajstić information content (AvgIpc) is 2.85. The third kappa shape index (κ3) is 5.97. The molecular formula is C25H27N3O7S2. The SMILES string of the molecule is Cc1ccccc1NS(=O)(=O)c1ccc(NC(=O)[C@@H](C)N(c2ccc3c(c2)OCCO3)S(C)(=O)=O)cc1. The lowest BCUT2D eigenvalue weighted by Crippen LogP contribution is -2.45. The maximum absolute atomic E-state index is 13.0. The van der Waals surface area contributed by atoms with Crippen LogP contribution in [-0.4, -0.2) is 48.3 Å². The van der Waals surface area contributed by atoms with Crippen LogP contribution in [0.1, 0.15) is 12.5 Å². The summed E-state index contributed by atoms with van der Waals surface area (Å²) in [6, 6.07) is 16.1. The standard InChI is InChI=1S/C25H27N3O7S2/c1-17-6-4-5-7-22(17)27-37(32,33)21-11-8-19(9-12-21)26-25(29)18(2)28(36(3,30)31)20-10-13-23-24(16-20)35-15-14-34-23/h4-13,16,18,27H,14-15H2,1-3H3,(H,26,29)/t18-/m1/s1. The fourth-order valence-corrected chi connectivity index (χ4v) is 6.13. The molecule has 0 spiro atoms. The molecule has 0 saturated heterocycles. The van der Waals surface area contributed by atoms with E-state index in [1.54, 1.807) is 37.3 Å². The Morgan fingerprint density at radius 1 is 0.919 bits per heavy atom. The van der Waals surface area contributed by atoms with Crippen molar-refractivity contribution in [2.45, 2.75) is 24.8 Å². The highest BCUT2D eigenvalue weighted by atomic mass is 32.2. The van der Waals surface area contributed by atoms with Crippen molar-refractivity contribution in [3.05, 3.63) is 72.3 Å². The topological polar surface area (TPSA) is 131 Å². The summed E-state index contributed by atoms with van der Waals surface area (Å²) in [6.07, 6.45) is 1.01. The van der Waals surface area contributed by atoms with Gasteiger partial charge in [0.2, 0.25) is 15.9 Å². The van der Waals surface area contributed by atoms with Crippen molar-refractivity contribution in [3.63, 3.8) is 0 Å². The molecule has 10 nitrogen and oxygen atoms in total. The molecule has 0 aromatic heterocycles. The lowest BCUT2D eigenvalue weighted by molar-refractivity contribution is -0.116. The first kappa shape index (κ1) is 26.3. The minimum absolute atomic E-state index is 0.0100. The molecular weight excluding hydrogens is 518 g/mol. The molecule has 37 heavy (non-hydrogen) atoms. The van der Waals surface area contributed by atoms with Crippen molar-refractivity contribution in [1.82, 2.24) is 0 Å². The smallest absolute Gasteiger partial charge is 0.261 e. The van der Waals surface area contributed by atoms with Crippen LogP contribution in [0.4, 0.5) is 17.1 Å². The summed E-state index contributed by atoms with van der Waals surface area (Å²) in [5.74, 6) is 0.280. The second-order valence-electron chi connectivity index (χ2n) is 8.50. The first-order valence-corrected chi connectivity index (χ1v) is 14.7. The second-order valence-corrected chi connectivity index (χ2v) is 12.0. The summed E-state index contributed by atoms with van der Waals surface area (Å²) < 4.78 is 65.3. The van der Waals surface area contributed by atoms with E-state index in [4.69, 9.17) is 9.47 Å². The number of sulfonamides is 2. The number of nitrogens with one attached hydrogen (secondary N) is 2. The van der Waals surface area contributed by atoms with Gasteiger partial charge in [-0.25, -0.2) is 16.8 Å². The number of hydrogen-bond donors (Lipinski definition) is 2. The number of nitrogens with zero attached hydrogens (tertiary/aromatic N) is 1. The van der Waals surface area contributed by atoms with E-state index in [-0.39, 0.29) is 10.6 Å². The molecule has 2 N–H and O–H groups in total. The lowest BCUT2D eigenvalue weighted by atomic mass is 10.2. The molecule has 1 aliphatic heterocycles. The molecule has 0 fully saturated rings. The van der Waals surface area contributed by atoms with Crippen LogP contribution in [0.5, 0.6) is 11.5 Å². The molecule has 0 aliphatic carbocycles. The van der Waals surface area contributed by atoms with Crippen LogP contribution in [0.15, 0.2) is 71.6 Å². The Balaban J connectivity index is 1.51. The van der Waals surface area contributed by atoms with Gasteiger partial charge in [-0.3, -0.25) is 13.8 Å². The molecule has 3 aromatic rings. The van der Waals surface area contributed by atoms with Crippen molar-refractivity contribution in [1.29, 1.82) is 0 Å². The predicted octanol–water partition coefficient (Wildman–Crippen LogP) is 3.36. The zero-order chi connectivity index (χ0) is 26.8. The Morgan fingerprint density at radius 3 is 2.22 bits per heavy atom. The molecule has 1 atom stereocenters. The largest absolute Gasteiger partial charge is 0.486 e. The number of benzene rings is 3. The van der Waals surface area contributed by atoms with E-state index in [1.165, 1.54) is 37.3 Å². The van der Waals surface area contributed by atoms with Crippen molar-refractivity contribution in [3.8, 4) is 11.5 Å². The predicted molar refractivity (Wildman–Crippen MR) is 141 cm³/mol. The van der Waals surface area contributed by atoms with E-state index >= 15 is 0 Å². The van der Waals surface area contributed by atoms with E-state index in [9.17, 15) is 21.6 Å². The molecule has 1 heterocycles. The molecule has 0 unspecified atom stereocenters. The van der Waals surface area contributed by atoms with Crippen molar-refractivity contribution >= 4 is 43.0 Å². The van der Waals surface area contributed by atoms with Gasteiger partial charge in [0.25, 0.3) is 10.0 Å². The maximum Gasteiger partial charge on any atom is 0.261 e. The highest BCUT2D eigenvalue weighted by molar-refractivity contribution is 7.92. The van der Waals surface area contributed by atoms with E-state index in [0.29, 0.717) is 36.1 Å².